The van der Waals surface area contributed by atoms with Crippen molar-refractivity contribution in [1.29, 1.82) is 0 Å². The van der Waals surface area contributed by atoms with Crippen molar-refractivity contribution in [3.63, 3.8) is 0 Å². The van der Waals surface area contributed by atoms with E-state index in [1.165, 1.54) is 6.07 Å². The Balaban J connectivity index is 3.02. The fraction of sp³-hybridized carbons (Fsp3) is 0.286. The first-order valence-corrected chi connectivity index (χ1v) is 5.57. The van der Waals surface area contributed by atoms with Gasteiger partial charge in [0.25, 0.3) is 0 Å². The van der Waals surface area contributed by atoms with Crippen molar-refractivity contribution in [3.05, 3.63) is 29.2 Å². The van der Waals surface area contributed by atoms with Crippen molar-refractivity contribution in [1.82, 2.24) is 9.97 Å². The van der Waals surface area contributed by atoms with Gasteiger partial charge < -0.3 is 5.73 Å². The summed E-state index contributed by atoms with van der Waals surface area (Å²) in [6.45, 7) is 5.91. The molecule has 4 heteroatoms. The maximum atomic E-state index is 13.8. The number of hydrogen-bond acceptors (Lipinski definition) is 3. The summed E-state index contributed by atoms with van der Waals surface area (Å²) in [5.74, 6) is 2.10. The van der Waals surface area contributed by atoms with E-state index in [9.17, 15) is 4.39 Å². The van der Waals surface area contributed by atoms with E-state index in [0.717, 1.165) is 0 Å². The Kier molecular flexibility index (Phi) is 2.70. The molecule has 3 nitrogen and oxygen atoms in total. The maximum Gasteiger partial charge on any atom is 0.220 e. The zero-order valence-corrected chi connectivity index (χ0v) is 10.6. The molecule has 0 saturated carbocycles. The molecule has 0 amide bonds. The van der Waals surface area contributed by atoms with Crippen LogP contribution in [-0.4, -0.2) is 9.97 Å². The molecule has 2 aromatic rings. The van der Waals surface area contributed by atoms with E-state index in [-0.39, 0.29) is 16.9 Å². The van der Waals surface area contributed by atoms with Crippen LogP contribution < -0.4 is 5.73 Å². The number of aromatic nitrogens is 2. The fourth-order valence-corrected chi connectivity index (χ4v) is 1.90. The molecule has 0 bridgehead atoms. The van der Waals surface area contributed by atoms with E-state index in [4.69, 9.17) is 12.2 Å². The molecular formula is C14H14FN3. The average molecular weight is 243 g/mol. The predicted molar refractivity (Wildman–Crippen MR) is 70.5 cm³/mol. The molecule has 1 aromatic heterocycles. The molecule has 0 spiro atoms. The Morgan fingerprint density at radius 3 is 2.50 bits per heavy atom. The highest BCUT2D eigenvalue weighted by Gasteiger charge is 2.23. The number of benzene rings is 1. The van der Waals surface area contributed by atoms with Gasteiger partial charge in [0.1, 0.15) is 5.82 Å². The van der Waals surface area contributed by atoms with Crippen LogP contribution in [0.4, 0.5) is 10.3 Å². The van der Waals surface area contributed by atoms with Gasteiger partial charge in [-0.2, -0.15) is 0 Å². The largest absolute Gasteiger partial charge is 0.368 e. The number of fused-ring (bicyclic) bond motifs is 1. The summed E-state index contributed by atoms with van der Waals surface area (Å²) < 4.78 is 13.8. The van der Waals surface area contributed by atoms with E-state index >= 15 is 0 Å². The topological polar surface area (TPSA) is 51.8 Å². The van der Waals surface area contributed by atoms with Gasteiger partial charge in [0, 0.05) is 10.8 Å². The minimum absolute atomic E-state index is 0.169. The van der Waals surface area contributed by atoms with E-state index in [0.29, 0.717) is 16.6 Å². The summed E-state index contributed by atoms with van der Waals surface area (Å²) in [6, 6.07) is 2.87. The van der Waals surface area contributed by atoms with Crippen molar-refractivity contribution >= 4 is 16.9 Å². The Bertz CT molecular complexity index is 663. The zero-order valence-electron chi connectivity index (χ0n) is 10.6. The Labute approximate surface area is 105 Å². The smallest absolute Gasteiger partial charge is 0.220 e. The Morgan fingerprint density at radius 2 is 1.94 bits per heavy atom. The van der Waals surface area contributed by atoms with Crippen LogP contribution in [0.2, 0.25) is 0 Å². The maximum absolute atomic E-state index is 13.8. The summed E-state index contributed by atoms with van der Waals surface area (Å²) in [5, 5.41) is 0.569. The van der Waals surface area contributed by atoms with Crippen LogP contribution in [0.15, 0.2) is 12.1 Å². The molecule has 2 N–H and O–H groups in total. The van der Waals surface area contributed by atoms with Gasteiger partial charge in [0.15, 0.2) is 0 Å². The highest BCUT2D eigenvalue weighted by molar-refractivity contribution is 5.88. The van der Waals surface area contributed by atoms with Crippen molar-refractivity contribution in [2.75, 3.05) is 5.73 Å². The second kappa shape index (κ2) is 3.95. The minimum Gasteiger partial charge on any atom is -0.368 e. The van der Waals surface area contributed by atoms with Crippen LogP contribution >= 0.6 is 0 Å². The number of halogens is 1. The lowest BCUT2D eigenvalue weighted by Crippen LogP contribution is -2.17. The Hall–Kier alpha value is -2.15. The van der Waals surface area contributed by atoms with Crippen molar-refractivity contribution in [2.24, 2.45) is 0 Å². The molecule has 0 saturated heterocycles. The van der Waals surface area contributed by atoms with Crippen molar-refractivity contribution in [2.45, 2.75) is 26.2 Å². The van der Waals surface area contributed by atoms with Crippen molar-refractivity contribution < 1.29 is 4.39 Å². The normalized spacial score (nSPS) is 11.5. The third-order valence-electron chi connectivity index (χ3n) is 2.69. The summed E-state index contributed by atoms with van der Waals surface area (Å²) >= 11 is 0. The summed E-state index contributed by atoms with van der Waals surface area (Å²) in [4.78, 5) is 8.33. The standard InChI is InChI=1S/C14H14FN3/c1-5-8-9(15)6-7-10-11(8)12(14(2,3)4)18-13(16)17-10/h1,6-7H,2-4H3,(H2,16,17,18). The highest BCUT2D eigenvalue weighted by Crippen LogP contribution is 2.31. The predicted octanol–water partition coefficient (Wildman–Crippen LogP) is 2.63. The van der Waals surface area contributed by atoms with Gasteiger partial charge in [-0.1, -0.05) is 26.7 Å². The minimum atomic E-state index is -0.441. The van der Waals surface area contributed by atoms with Crippen LogP contribution in [-0.2, 0) is 5.41 Å². The van der Waals surface area contributed by atoms with Gasteiger partial charge in [-0.05, 0) is 12.1 Å². The SMILES string of the molecule is C#Cc1c(F)ccc2nc(N)nc(C(C)(C)C)c12. The molecule has 0 aliphatic carbocycles. The molecule has 0 radical (unpaired) electrons. The molecule has 0 aliphatic rings. The van der Waals surface area contributed by atoms with Crippen LogP contribution in [0.25, 0.3) is 10.9 Å². The number of nitrogen functional groups attached to an aromatic ring is 1. The molecule has 2 rings (SSSR count). The third-order valence-corrected chi connectivity index (χ3v) is 2.69. The van der Waals surface area contributed by atoms with E-state index in [1.807, 2.05) is 20.8 Å². The van der Waals surface area contributed by atoms with E-state index in [2.05, 4.69) is 15.9 Å². The monoisotopic (exact) mass is 243 g/mol. The molecule has 18 heavy (non-hydrogen) atoms. The number of hydrogen-bond donors (Lipinski definition) is 1. The van der Waals surface area contributed by atoms with Gasteiger partial charge in [0.2, 0.25) is 5.95 Å². The third kappa shape index (κ3) is 1.88. The first-order valence-electron chi connectivity index (χ1n) is 5.57. The quantitative estimate of drug-likeness (QED) is 0.724. The first-order chi connectivity index (χ1) is 8.34. The lowest BCUT2D eigenvalue weighted by atomic mass is 9.87. The van der Waals surface area contributed by atoms with Gasteiger partial charge >= 0.3 is 0 Å². The van der Waals surface area contributed by atoms with Crippen LogP contribution in [0, 0.1) is 18.2 Å². The number of anilines is 1. The molecule has 0 atom stereocenters. The van der Waals surface area contributed by atoms with E-state index < -0.39 is 5.82 Å². The average Bonchev–Trinajstić information content (AvgIpc) is 2.27. The first kappa shape index (κ1) is 12.3. The van der Waals surface area contributed by atoms with Gasteiger partial charge in [-0.25, -0.2) is 14.4 Å². The zero-order chi connectivity index (χ0) is 13.5. The number of rotatable bonds is 0. The van der Waals surface area contributed by atoms with Crippen molar-refractivity contribution in [3.8, 4) is 12.3 Å². The number of terminal acetylenes is 1. The summed E-state index contributed by atoms with van der Waals surface area (Å²) in [6.07, 6.45) is 5.39. The fourth-order valence-electron chi connectivity index (χ4n) is 1.90. The molecule has 1 heterocycles. The molecule has 0 aliphatic heterocycles. The van der Waals surface area contributed by atoms with Crippen LogP contribution in [0.5, 0.6) is 0 Å². The second-order valence-electron chi connectivity index (χ2n) is 5.14. The van der Waals surface area contributed by atoms with Crippen LogP contribution in [0.1, 0.15) is 32.0 Å². The Morgan fingerprint density at radius 1 is 1.28 bits per heavy atom. The summed E-state index contributed by atoms with van der Waals surface area (Å²) in [7, 11) is 0. The highest BCUT2D eigenvalue weighted by atomic mass is 19.1. The van der Waals surface area contributed by atoms with Gasteiger partial charge in [0.05, 0.1) is 16.8 Å². The number of nitrogens with zero attached hydrogens (tertiary/aromatic N) is 2. The molecular weight excluding hydrogens is 229 g/mol. The van der Waals surface area contributed by atoms with Gasteiger partial charge in [-0.15, -0.1) is 6.42 Å². The lowest BCUT2D eigenvalue weighted by Gasteiger charge is -2.20. The van der Waals surface area contributed by atoms with Gasteiger partial charge in [-0.3, -0.25) is 0 Å². The second-order valence-corrected chi connectivity index (χ2v) is 5.14. The molecule has 92 valence electrons. The van der Waals surface area contributed by atoms with E-state index in [1.54, 1.807) is 6.07 Å². The summed E-state index contributed by atoms with van der Waals surface area (Å²) in [5.41, 5.74) is 6.81. The number of nitrogens with two attached hydrogens (primary N) is 1. The molecule has 0 fully saturated rings. The molecule has 0 unspecified atom stereocenters. The lowest BCUT2D eigenvalue weighted by molar-refractivity contribution is 0.573. The van der Waals surface area contributed by atoms with Crippen LogP contribution in [0.3, 0.4) is 0 Å². The molecule has 1 aromatic carbocycles.